The lowest BCUT2D eigenvalue weighted by Gasteiger charge is -2.29. The van der Waals surface area contributed by atoms with E-state index in [0.29, 0.717) is 37.7 Å². The first-order chi connectivity index (χ1) is 11.2. The molecule has 2 heterocycles. The molecule has 7 heteroatoms. The normalized spacial score (nSPS) is 17.3. The molecule has 23 heavy (non-hydrogen) atoms. The predicted molar refractivity (Wildman–Crippen MR) is 89.8 cm³/mol. The van der Waals surface area contributed by atoms with Crippen LogP contribution in [-0.2, 0) is 20.9 Å². The molecular weight excluding hydrogens is 314 g/mol. The van der Waals surface area contributed by atoms with Gasteiger partial charge in [-0.25, -0.2) is 0 Å². The zero-order valence-electron chi connectivity index (χ0n) is 13.6. The molecule has 0 unspecified atom stereocenters. The third-order valence-electron chi connectivity index (χ3n) is 3.75. The van der Waals surface area contributed by atoms with Crippen LogP contribution in [0.3, 0.4) is 0 Å². The number of methoxy groups -OCH3 is 1. The van der Waals surface area contributed by atoms with Crippen molar-refractivity contribution >= 4 is 23.6 Å². The van der Waals surface area contributed by atoms with Gasteiger partial charge in [-0.3, -0.25) is 14.6 Å². The molecule has 6 nitrogen and oxygen atoms in total. The summed E-state index contributed by atoms with van der Waals surface area (Å²) in [5.41, 5.74) is 0.830. The minimum atomic E-state index is -0.381. The lowest BCUT2D eigenvalue weighted by molar-refractivity contribution is -0.144. The van der Waals surface area contributed by atoms with Crippen molar-refractivity contribution in [1.82, 2.24) is 14.8 Å². The second-order valence-corrected chi connectivity index (χ2v) is 6.31. The number of aromatic nitrogens is 1. The van der Waals surface area contributed by atoms with E-state index in [2.05, 4.69) is 4.98 Å². The zero-order valence-corrected chi connectivity index (χ0v) is 14.4. The molecule has 1 aliphatic heterocycles. The first-order valence-electron chi connectivity index (χ1n) is 7.72. The highest BCUT2D eigenvalue weighted by Crippen LogP contribution is 2.23. The zero-order chi connectivity index (χ0) is 16.7. The van der Waals surface area contributed by atoms with Crippen LogP contribution in [0.5, 0.6) is 0 Å². The monoisotopic (exact) mass is 337 g/mol. The lowest BCUT2D eigenvalue weighted by Crippen LogP contribution is -2.49. The number of carbonyl (C=O) groups excluding carboxylic acids is 2. The fourth-order valence-corrected chi connectivity index (χ4v) is 3.63. The van der Waals surface area contributed by atoms with Gasteiger partial charge < -0.3 is 14.5 Å². The molecule has 0 aromatic carbocycles. The van der Waals surface area contributed by atoms with E-state index in [0.717, 1.165) is 5.69 Å². The van der Waals surface area contributed by atoms with Crippen LogP contribution < -0.4 is 0 Å². The molecule has 0 saturated carbocycles. The quantitative estimate of drug-likeness (QED) is 0.752. The number of rotatable bonds is 7. The minimum Gasteiger partial charge on any atom is -0.383 e. The van der Waals surface area contributed by atoms with Crippen molar-refractivity contribution in [2.75, 3.05) is 31.9 Å². The third kappa shape index (κ3) is 4.68. The number of amides is 2. The van der Waals surface area contributed by atoms with Crippen molar-refractivity contribution in [2.24, 2.45) is 0 Å². The van der Waals surface area contributed by atoms with E-state index in [-0.39, 0.29) is 17.9 Å². The maximum Gasteiger partial charge on any atom is 0.246 e. The van der Waals surface area contributed by atoms with Crippen LogP contribution in [0.1, 0.15) is 19.0 Å². The second kappa shape index (κ2) is 8.88. The summed E-state index contributed by atoms with van der Waals surface area (Å²) in [4.78, 5) is 32.7. The van der Waals surface area contributed by atoms with Crippen LogP contribution in [-0.4, -0.2) is 64.5 Å². The Balaban J connectivity index is 2.10. The van der Waals surface area contributed by atoms with Crippen molar-refractivity contribution in [3.05, 3.63) is 30.1 Å². The summed E-state index contributed by atoms with van der Waals surface area (Å²) in [6.07, 6.45) is 2.13. The van der Waals surface area contributed by atoms with Crippen molar-refractivity contribution in [3.63, 3.8) is 0 Å². The first kappa shape index (κ1) is 17.7. The summed E-state index contributed by atoms with van der Waals surface area (Å²) in [6.45, 7) is 3.20. The Morgan fingerprint density at radius 1 is 1.48 bits per heavy atom. The van der Waals surface area contributed by atoms with E-state index in [1.54, 1.807) is 34.9 Å². The summed E-state index contributed by atoms with van der Waals surface area (Å²) >= 11 is 1.62. The van der Waals surface area contributed by atoms with Gasteiger partial charge in [-0.05, 0) is 12.1 Å². The fourth-order valence-electron chi connectivity index (χ4n) is 2.46. The number of nitrogens with zero attached hydrogens (tertiary/aromatic N) is 3. The van der Waals surface area contributed by atoms with Gasteiger partial charge in [-0.15, -0.1) is 11.8 Å². The molecule has 0 N–H and O–H groups in total. The molecule has 1 aliphatic rings. The molecule has 0 aliphatic carbocycles. The van der Waals surface area contributed by atoms with Crippen LogP contribution in [0, 0.1) is 0 Å². The van der Waals surface area contributed by atoms with Gasteiger partial charge in [0.25, 0.3) is 0 Å². The van der Waals surface area contributed by atoms with Gasteiger partial charge in [-0.2, -0.15) is 0 Å². The average molecular weight is 337 g/mol. The van der Waals surface area contributed by atoms with Gasteiger partial charge in [0.1, 0.15) is 6.04 Å². The average Bonchev–Trinajstić information content (AvgIpc) is 3.07. The SMILES string of the molecule is CCC(=O)N1CSC[C@H]1C(=O)N(CCOC)Cc1ccccn1. The molecule has 1 saturated heterocycles. The molecule has 0 radical (unpaired) electrons. The molecule has 2 rings (SSSR count). The molecule has 1 atom stereocenters. The third-order valence-corrected chi connectivity index (χ3v) is 4.76. The smallest absolute Gasteiger partial charge is 0.246 e. The van der Waals surface area contributed by atoms with Gasteiger partial charge in [0, 0.05) is 32.0 Å². The molecule has 1 aromatic rings. The van der Waals surface area contributed by atoms with Crippen LogP contribution in [0.4, 0.5) is 0 Å². The largest absolute Gasteiger partial charge is 0.383 e. The Morgan fingerprint density at radius 3 is 2.96 bits per heavy atom. The number of pyridine rings is 1. The Morgan fingerprint density at radius 2 is 2.30 bits per heavy atom. The van der Waals surface area contributed by atoms with Crippen molar-refractivity contribution in [1.29, 1.82) is 0 Å². The summed E-state index contributed by atoms with van der Waals surface area (Å²) in [5.74, 6) is 1.23. The number of ether oxygens (including phenoxy) is 1. The minimum absolute atomic E-state index is 0.0258. The van der Waals surface area contributed by atoms with Gasteiger partial charge in [0.15, 0.2) is 0 Å². The highest BCUT2D eigenvalue weighted by molar-refractivity contribution is 7.99. The molecule has 126 valence electrons. The maximum absolute atomic E-state index is 12.9. The number of thioether (sulfide) groups is 1. The second-order valence-electron chi connectivity index (χ2n) is 5.31. The van der Waals surface area contributed by atoms with Crippen LogP contribution in [0.2, 0.25) is 0 Å². The topological polar surface area (TPSA) is 62.7 Å². The maximum atomic E-state index is 12.9. The van der Waals surface area contributed by atoms with Crippen LogP contribution in [0.15, 0.2) is 24.4 Å². The van der Waals surface area contributed by atoms with Crippen molar-refractivity contribution < 1.29 is 14.3 Å². The molecule has 0 bridgehead atoms. The first-order valence-corrected chi connectivity index (χ1v) is 8.87. The molecule has 1 fully saturated rings. The number of hydrogen-bond donors (Lipinski definition) is 0. The fraction of sp³-hybridized carbons (Fsp3) is 0.562. The summed E-state index contributed by atoms with van der Waals surface area (Å²) < 4.78 is 5.12. The molecule has 2 amide bonds. The van der Waals surface area contributed by atoms with Crippen molar-refractivity contribution in [2.45, 2.75) is 25.9 Å². The standard InChI is InChI=1S/C16H23N3O3S/c1-3-15(20)19-12-23-11-14(19)16(21)18(8-9-22-2)10-13-6-4-5-7-17-13/h4-7,14H,3,8-12H2,1-2H3/t14-/m0/s1. The number of carbonyl (C=O) groups is 2. The molecule has 1 aromatic heterocycles. The Hall–Kier alpha value is -1.60. The van der Waals surface area contributed by atoms with Gasteiger partial charge in [0.05, 0.1) is 24.7 Å². The van der Waals surface area contributed by atoms with E-state index in [1.807, 2.05) is 25.1 Å². The lowest BCUT2D eigenvalue weighted by atomic mass is 10.2. The van der Waals surface area contributed by atoms with E-state index >= 15 is 0 Å². The summed E-state index contributed by atoms with van der Waals surface area (Å²) in [5, 5.41) is 0. The van der Waals surface area contributed by atoms with Gasteiger partial charge in [0.2, 0.25) is 11.8 Å². The van der Waals surface area contributed by atoms with Crippen LogP contribution >= 0.6 is 11.8 Å². The van der Waals surface area contributed by atoms with E-state index in [9.17, 15) is 9.59 Å². The Bertz CT molecular complexity index is 527. The van der Waals surface area contributed by atoms with E-state index in [4.69, 9.17) is 4.74 Å². The Kier molecular flexibility index (Phi) is 6.85. The Labute approximate surface area is 141 Å². The van der Waals surface area contributed by atoms with Crippen LogP contribution in [0.25, 0.3) is 0 Å². The highest BCUT2D eigenvalue weighted by Gasteiger charge is 2.36. The van der Waals surface area contributed by atoms with Gasteiger partial charge in [-0.1, -0.05) is 13.0 Å². The predicted octanol–water partition coefficient (Wildman–Crippen LogP) is 1.37. The summed E-state index contributed by atoms with van der Waals surface area (Å²) in [6, 6.07) is 5.26. The van der Waals surface area contributed by atoms with E-state index in [1.165, 1.54) is 0 Å². The van der Waals surface area contributed by atoms with Crippen molar-refractivity contribution in [3.8, 4) is 0 Å². The van der Waals surface area contributed by atoms with Gasteiger partial charge >= 0.3 is 0 Å². The molecular formula is C16H23N3O3S. The van der Waals surface area contributed by atoms with E-state index < -0.39 is 0 Å². The molecule has 0 spiro atoms. The summed E-state index contributed by atoms with van der Waals surface area (Å²) in [7, 11) is 1.61. The number of hydrogen-bond acceptors (Lipinski definition) is 5. The highest BCUT2D eigenvalue weighted by atomic mass is 32.2.